The van der Waals surface area contributed by atoms with Crippen molar-refractivity contribution in [2.75, 3.05) is 5.32 Å². The van der Waals surface area contributed by atoms with Gasteiger partial charge in [0.1, 0.15) is 0 Å². The normalized spacial score (nSPS) is 10.9. The number of anilines is 2. The number of aryl methyl sites for hydroxylation is 1. The quantitative estimate of drug-likeness (QED) is 0.620. The maximum atomic E-state index is 12.0. The van der Waals surface area contributed by atoms with Crippen LogP contribution in [0.25, 0.3) is 10.9 Å². The van der Waals surface area contributed by atoms with Gasteiger partial charge < -0.3 is 9.88 Å². The molecule has 3 heterocycles. The van der Waals surface area contributed by atoms with Crippen molar-refractivity contribution in [1.82, 2.24) is 24.3 Å². The summed E-state index contributed by atoms with van der Waals surface area (Å²) < 4.78 is 3.27. The molecule has 0 radical (unpaired) electrons. The van der Waals surface area contributed by atoms with Gasteiger partial charge in [-0.1, -0.05) is 24.3 Å². The Labute approximate surface area is 143 Å². The van der Waals surface area contributed by atoms with E-state index in [-0.39, 0.29) is 11.4 Å². The zero-order valence-electron chi connectivity index (χ0n) is 13.6. The van der Waals surface area contributed by atoms with Crippen LogP contribution in [0.1, 0.15) is 5.56 Å². The van der Waals surface area contributed by atoms with E-state index in [0.29, 0.717) is 12.4 Å². The second-order valence-electron chi connectivity index (χ2n) is 5.71. The molecule has 0 atom stereocenters. The molecule has 3 aromatic heterocycles. The summed E-state index contributed by atoms with van der Waals surface area (Å²) in [6, 6.07) is 11.9. The number of nitrogens with zero attached hydrogens (tertiary/aromatic N) is 5. The number of hydrogen-bond donors (Lipinski definition) is 1. The second kappa shape index (κ2) is 6.20. The summed E-state index contributed by atoms with van der Waals surface area (Å²) in [5.41, 5.74) is 1.85. The van der Waals surface area contributed by atoms with Gasteiger partial charge in [0.05, 0.1) is 12.1 Å². The minimum Gasteiger partial charge on any atom is -0.319 e. The first-order valence-corrected chi connectivity index (χ1v) is 7.85. The van der Waals surface area contributed by atoms with Crippen LogP contribution in [0.4, 0.5) is 11.6 Å². The third-order valence-electron chi connectivity index (χ3n) is 3.95. The third-order valence-corrected chi connectivity index (χ3v) is 3.95. The van der Waals surface area contributed by atoms with Crippen LogP contribution < -0.4 is 10.9 Å². The fraction of sp³-hybridized carbons (Fsp3) is 0.111. The molecule has 0 saturated carbocycles. The fourth-order valence-electron chi connectivity index (χ4n) is 2.69. The van der Waals surface area contributed by atoms with Gasteiger partial charge in [0.25, 0.3) is 5.56 Å². The standard InChI is InChI=1S/C18H16N6O/c1-23-11-9-20-17(18(23)25)21-15-7-10-24(22-15)12-14-5-2-4-13-6-3-8-19-16(13)14/h2-11H,12H2,1H3,(H,20,21,22). The van der Waals surface area contributed by atoms with Crippen molar-refractivity contribution in [2.24, 2.45) is 7.05 Å². The molecule has 0 amide bonds. The fourth-order valence-corrected chi connectivity index (χ4v) is 2.69. The molecular weight excluding hydrogens is 316 g/mol. The zero-order valence-corrected chi connectivity index (χ0v) is 13.6. The smallest absolute Gasteiger partial charge is 0.293 e. The molecule has 0 fully saturated rings. The van der Waals surface area contributed by atoms with Crippen molar-refractivity contribution < 1.29 is 0 Å². The van der Waals surface area contributed by atoms with Gasteiger partial charge in [-0.2, -0.15) is 5.10 Å². The average Bonchev–Trinajstić information content (AvgIpc) is 3.06. The molecule has 7 nitrogen and oxygen atoms in total. The molecule has 7 heteroatoms. The average molecular weight is 332 g/mol. The molecule has 4 aromatic rings. The van der Waals surface area contributed by atoms with E-state index in [4.69, 9.17) is 0 Å². The number of benzene rings is 1. The van der Waals surface area contributed by atoms with Crippen molar-refractivity contribution in [3.63, 3.8) is 0 Å². The Morgan fingerprint density at radius 1 is 1.04 bits per heavy atom. The highest BCUT2D eigenvalue weighted by atomic mass is 16.1. The predicted molar refractivity (Wildman–Crippen MR) is 95.8 cm³/mol. The van der Waals surface area contributed by atoms with Gasteiger partial charge in [-0.15, -0.1) is 0 Å². The summed E-state index contributed by atoms with van der Waals surface area (Å²) in [5, 5.41) is 8.53. The van der Waals surface area contributed by atoms with E-state index < -0.39 is 0 Å². The van der Waals surface area contributed by atoms with Gasteiger partial charge >= 0.3 is 0 Å². The topological polar surface area (TPSA) is 77.6 Å². The summed E-state index contributed by atoms with van der Waals surface area (Å²) in [6.45, 7) is 0.594. The third kappa shape index (κ3) is 2.99. The van der Waals surface area contributed by atoms with E-state index in [0.717, 1.165) is 16.5 Å². The first kappa shape index (κ1) is 15.1. The summed E-state index contributed by atoms with van der Waals surface area (Å²) in [4.78, 5) is 20.5. The van der Waals surface area contributed by atoms with E-state index in [1.54, 1.807) is 30.3 Å². The Hall–Kier alpha value is -3.48. The van der Waals surface area contributed by atoms with Crippen molar-refractivity contribution in [2.45, 2.75) is 6.54 Å². The van der Waals surface area contributed by atoms with E-state index in [2.05, 4.69) is 20.4 Å². The Bertz CT molecular complexity index is 1090. The van der Waals surface area contributed by atoms with E-state index >= 15 is 0 Å². The van der Waals surface area contributed by atoms with Crippen LogP contribution in [-0.4, -0.2) is 24.3 Å². The molecule has 0 saturated heterocycles. The molecule has 0 aliphatic rings. The summed E-state index contributed by atoms with van der Waals surface area (Å²) >= 11 is 0. The van der Waals surface area contributed by atoms with Gasteiger partial charge in [-0.25, -0.2) is 4.98 Å². The molecule has 0 spiro atoms. The maximum Gasteiger partial charge on any atom is 0.293 e. The van der Waals surface area contributed by atoms with Gasteiger partial charge in [0, 0.05) is 43.3 Å². The first-order chi connectivity index (χ1) is 12.2. The van der Waals surface area contributed by atoms with Crippen LogP contribution in [0.5, 0.6) is 0 Å². The number of aromatic nitrogens is 5. The number of para-hydroxylation sites is 1. The number of hydrogen-bond acceptors (Lipinski definition) is 5. The maximum absolute atomic E-state index is 12.0. The summed E-state index contributed by atoms with van der Waals surface area (Å²) in [7, 11) is 1.68. The van der Waals surface area contributed by atoms with Crippen molar-refractivity contribution in [1.29, 1.82) is 0 Å². The summed E-state index contributed by atoms with van der Waals surface area (Å²) in [6.07, 6.45) is 6.83. The van der Waals surface area contributed by atoms with E-state index in [1.807, 2.05) is 42.6 Å². The first-order valence-electron chi connectivity index (χ1n) is 7.85. The highest BCUT2D eigenvalue weighted by Crippen LogP contribution is 2.17. The van der Waals surface area contributed by atoms with E-state index in [9.17, 15) is 4.79 Å². The van der Waals surface area contributed by atoms with Crippen molar-refractivity contribution in [3.05, 3.63) is 77.1 Å². The van der Waals surface area contributed by atoms with Crippen LogP contribution in [0.3, 0.4) is 0 Å². The number of pyridine rings is 1. The Morgan fingerprint density at radius 2 is 1.92 bits per heavy atom. The van der Waals surface area contributed by atoms with Gasteiger partial charge in [0.15, 0.2) is 11.6 Å². The molecule has 124 valence electrons. The predicted octanol–water partition coefficient (Wildman–Crippen LogP) is 2.32. The molecule has 0 bridgehead atoms. The van der Waals surface area contributed by atoms with Crippen molar-refractivity contribution >= 4 is 22.5 Å². The lowest BCUT2D eigenvalue weighted by Gasteiger charge is -2.06. The monoisotopic (exact) mass is 332 g/mol. The molecule has 1 aromatic carbocycles. The molecular formula is C18H16N6O. The van der Waals surface area contributed by atoms with Gasteiger partial charge in [0.2, 0.25) is 0 Å². The van der Waals surface area contributed by atoms with E-state index in [1.165, 1.54) is 4.57 Å². The highest BCUT2D eigenvalue weighted by Gasteiger charge is 2.07. The number of nitrogens with one attached hydrogen (secondary N) is 1. The largest absolute Gasteiger partial charge is 0.319 e. The minimum absolute atomic E-state index is 0.199. The lowest BCUT2D eigenvalue weighted by Crippen LogP contribution is -2.20. The van der Waals surface area contributed by atoms with Crippen LogP contribution in [0.2, 0.25) is 0 Å². The second-order valence-corrected chi connectivity index (χ2v) is 5.71. The Morgan fingerprint density at radius 3 is 2.84 bits per heavy atom. The van der Waals surface area contributed by atoms with Crippen LogP contribution in [-0.2, 0) is 13.6 Å². The van der Waals surface area contributed by atoms with Crippen molar-refractivity contribution in [3.8, 4) is 0 Å². The van der Waals surface area contributed by atoms with Crippen LogP contribution in [0, 0.1) is 0 Å². The number of fused-ring (bicyclic) bond motifs is 1. The molecule has 1 N–H and O–H groups in total. The SMILES string of the molecule is Cn1ccnc(Nc2ccn(Cc3cccc4cccnc34)n2)c1=O. The lowest BCUT2D eigenvalue weighted by molar-refractivity contribution is 0.692. The van der Waals surface area contributed by atoms with Gasteiger partial charge in [-0.3, -0.25) is 14.5 Å². The Balaban J connectivity index is 1.59. The molecule has 0 aliphatic heterocycles. The molecule has 25 heavy (non-hydrogen) atoms. The zero-order chi connectivity index (χ0) is 17.2. The highest BCUT2D eigenvalue weighted by molar-refractivity contribution is 5.81. The van der Waals surface area contributed by atoms with Crippen LogP contribution >= 0.6 is 0 Å². The lowest BCUT2D eigenvalue weighted by atomic mass is 10.1. The minimum atomic E-state index is -0.199. The Kier molecular flexibility index (Phi) is 3.74. The number of rotatable bonds is 4. The molecule has 4 rings (SSSR count). The molecule has 0 unspecified atom stereocenters. The van der Waals surface area contributed by atoms with Gasteiger partial charge in [-0.05, 0) is 11.6 Å². The summed E-state index contributed by atoms with van der Waals surface area (Å²) in [5.74, 6) is 0.825. The molecule has 0 aliphatic carbocycles. The van der Waals surface area contributed by atoms with Crippen LogP contribution in [0.15, 0.2) is 66.0 Å².